The van der Waals surface area contributed by atoms with Crippen LogP contribution in [-0.2, 0) is 6.42 Å². The van der Waals surface area contributed by atoms with Crippen LogP contribution in [0.15, 0.2) is 16.6 Å². The first-order valence-electron chi connectivity index (χ1n) is 3.29. The van der Waals surface area contributed by atoms with E-state index in [4.69, 9.17) is 0 Å². The van der Waals surface area contributed by atoms with Gasteiger partial charge in [-0.1, -0.05) is 13.0 Å². The normalized spacial score (nSPS) is 10.2. The highest BCUT2D eigenvalue weighted by molar-refractivity contribution is 9.10. The average molecular weight is 221 g/mol. The van der Waals surface area contributed by atoms with Gasteiger partial charge in [-0.05, 0) is 34.0 Å². The summed E-state index contributed by atoms with van der Waals surface area (Å²) < 4.78 is 25.5. The molecule has 0 aromatic heterocycles. The molecule has 1 rings (SSSR count). The quantitative estimate of drug-likeness (QED) is 0.638. The van der Waals surface area contributed by atoms with Crippen molar-refractivity contribution in [2.45, 2.75) is 13.3 Å². The first-order chi connectivity index (χ1) is 5.16. The van der Waals surface area contributed by atoms with Crippen molar-refractivity contribution in [1.29, 1.82) is 0 Å². The van der Waals surface area contributed by atoms with Gasteiger partial charge in [0.05, 0.1) is 4.47 Å². The number of aryl methyl sites for hydroxylation is 1. The Morgan fingerprint density at radius 2 is 2.00 bits per heavy atom. The van der Waals surface area contributed by atoms with Gasteiger partial charge in [0.25, 0.3) is 0 Å². The molecule has 0 fully saturated rings. The lowest BCUT2D eigenvalue weighted by Crippen LogP contribution is -1.91. The van der Waals surface area contributed by atoms with Crippen molar-refractivity contribution in [3.05, 3.63) is 33.8 Å². The van der Waals surface area contributed by atoms with E-state index in [-0.39, 0.29) is 4.47 Å². The van der Waals surface area contributed by atoms with E-state index in [1.54, 1.807) is 0 Å². The molecule has 1 aromatic rings. The van der Waals surface area contributed by atoms with Crippen LogP contribution in [0.2, 0.25) is 0 Å². The number of hydrogen-bond acceptors (Lipinski definition) is 0. The molecule has 0 heterocycles. The number of rotatable bonds is 1. The van der Waals surface area contributed by atoms with Crippen LogP contribution < -0.4 is 0 Å². The lowest BCUT2D eigenvalue weighted by atomic mass is 10.1. The zero-order valence-electron chi connectivity index (χ0n) is 6.00. The van der Waals surface area contributed by atoms with Crippen LogP contribution in [0.3, 0.4) is 0 Å². The van der Waals surface area contributed by atoms with Gasteiger partial charge in [0.15, 0.2) is 0 Å². The van der Waals surface area contributed by atoms with Crippen LogP contribution in [0.4, 0.5) is 8.78 Å². The Morgan fingerprint density at radius 3 is 2.55 bits per heavy atom. The second kappa shape index (κ2) is 3.30. The zero-order chi connectivity index (χ0) is 8.43. The third-order valence-corrected chi connectivity index (χ3v) is 2.22. The second-order valence-electron chi connectivity index (χ2n) is 2.19. The molecule has 0 spiro atoms. The van der Waals surface area contributed by atoms with E-state index in [0.29, 0.717) is 12.0 Å². The molecule has 0 saturated carbocycles. The lowest BCUT2D eigenvalue weighted by Gasteiger charge is -2.01. The molecule has 0 amide bonds. The van der Waals surface area contributed by atoms with Gasteiger partial charge in [-0.25, -0.2) is 8.78 Å². The molecule has 0 nitrogen and oxygen atoms in total. The summed E-state index contributed by atoms with van der Waals surface area (Å²) in [5.74, 6) is -1.05. The highest BCUT2D eigenvalue weighted by atomic mass is 79.9. The zero-order valence-corrected chi connectivity index (χ0v) is 7.58. The van der Waals surface area contributed by atoms with E-state index in [9.17, 15) is 8.78 Å². The molecule has 0 aliphatic heterocycles. The van der Waals surface area contributed by atoms with Crippen molar-refractivity contribution in [2.24, 2.45) is 0 Å². The standard InChI is InChI=1S/C8H7BrF2/c1-2-5-3-4-6(10)7(9)8(5)11/h3-4H,2H2,1H3. The summed E-state index contributed by atoms with van der Waals surface area (Å²) in [6.45, 7) is 1.82. The Kier molecular flexibility index (Phi) is 2.60. The van der Waals surface area contributed by atoms with Gasteiger partial charge < -0.3 is 0 Å². The minimum Gasteiger partial charge on any atom is -0.206 e. The SMILES string of the molecule is CCc1ccc(F)c(Br)c1F. The predicted molar refractivity (Wildman–Crippen MR) is 43.4 cm³/mol. The van der Waals surface area contributed by atoms with Gasteiger partial charge >= 0.3 is 0 Å². The highest BCUT2D eigenvalue weighted by Crippen LogP contribution is 2.22. The van der Waals surface area contributed by atoms with E-state index in [1.807, 2.05) is 6.92 Å². The van der Waals surface area contributed by atoms with Crippen LogP contribution in [0.1, 0.15) is 12.5 Å². The molecule has 0 aliphatic carbocycles. The minimum absolute atomic E-state index is 0.0724. The molecule has 60 valence electrons. The highest BCUT2D eigenvalue weighted by Gasteiger charge is 2.08. The Balaban J connectivity index is 3.25. The van der Waals surface area contributed by atoms with Crippen molar-refractivity contribution in [2.75, 3.05) is 0 Å². The van der Waals surface area contributed by atoms with Gasteiger partial charge in [-0.15, -0.1) is 0 Å². The van der Waals surface area contributed by atoms with Crippen molar-refractivity contribution in [3.63, 3.8) is 0 Å². The molecule has 0 atom stereocenters. The van der Waals surface area contributed by atoms with Crippen molar-refractivity contribution in [3.8, 4) is 0 Å². The van der Waals surface area contributed by atoms with Gasteiger partial charge in [-0.3, -0.25) is 0 Å². The Morgan fingerprint density at radius 1 is 1.36 bits per heavy atom. The van der Waals surface area contributed by atoms with Gasteiger partial charge in [0.1, 0.15) is 11.6 Å². The van der Waals surface area contributed by atoms with Crippen LogP contribution in [0.5, 0.6) is 0 Å². The average Bonchev–Trinajstić information content (AvgIpc) is 2.01. The summed E-state index contributed by atoms with van der Waals surface area (Å²) in [4.78, 5) is 0. The fraction of sp³-hybridized carbons (Fsp3) is 0.250. The first-order valence-corrected chi connectivity index (χ1v) is 4.08. The molecule has 0 radical (unpaired) electrons. The number of halogens is 3. The molecule has 0 aliphatic rings. The molecule has 0 N–H and O–H groups in total. The maximum absolute atomic E-state index is 13.0. The molecule has 0 unspecified atom stereocenters. The lowest BCUT2D eigenvalue weighted by molar-refractivity contribution is 0.562. The van der Waals surface area contributed by atoms with Crippen LogP contribution >= 0.6 is 15.9 Å². The number of hydrogen-bond donors (Lipinski definition) is 0. The van der Waals surface area contributed by atoms with E-state index in [1.165, 1.54) is 12.1 Å². The maximum atomic E-state index is 13.0. The van der Waals surface area contributed by atoms with Gasteiger partial charge in [0.2, 0.25) is 0 Å². The summed E-state index contributed by atoms with van der Waals surface area (Å²) in [6.07, 6.45) is 0.574. The summed E-state index contributed by atoms with van der Waals surface area (Å²) in [5, 5.41) is 0. The predicted octanol–water partition coefficient (Wildman–Crippen LogP) is 3.29. The van der Waals surface area contributed by atoms with Crippen LogP contribution in [0, 0.1) is 11.6 Å². The molecular weight excluding hydrogens is 214 g/mol. The molecule has 11 heavy (non-hydrogen) atoms. The summed E-state index contributed by atoms with van der Waals surface area (Å²) in [7, 11) is 0. The van der Waals surface area contributed by atoms with E-state index >= 15 is 0 Å². The molecule has 3 heteroatoms. The summed E-state index contributed by atoms with van der Waals surface area (Å²) in [6, 6.07) is 2.71. The van der Waals surface area contributed by atoms with Crippen molar-refractivity contribution in [1.82, 2.24) is 0 Å². The van der Waals surface area contributed by atoms with Gasteiger partial charge in [-0.2, -0.15) is 0 Å². The Hall–Kier alpha value is -0.440. The molecule has 0 saturated heterocycles. The second-order valence-corrected chi connectivity index (χ2v) is 2.98. The van der Waals surface area contributed by atoms with Crippen LogP contribution in [0.25, 0.3) is 0 Å². The maximum Gasteiger partial charge on any atom is 0.143 e. The molecule has 0 bridgehead atoms. The fourth-order valence-corrected chi connectivity index (χ4v) is 1.23. The number of benzene rings is 1. The minimum atomic E-state index is -0.556. The van der Waals surface area contributed by atoms with E-state index in [2.05, 4.69) is 15.9 Å². The summed E-state index contributed by atoms with van der Waals surface area (Å²) in [5.41, 5.74) is 0.526. The third-order valence-electron chi connectivity index (χ3n) is 1.50. The summed E-state index contributed by atoms with van der Waals surface area (Å²) >= 11 is 2.82. The Labute approximate surface area is 72.4 Å². The van der Waals surface area contributed by atoms with Crippen molar-refractivity contribution >= 4 is 15.9 Å². The largest absolute Gasteiger partial charge is 0.206 e. The van der Waals surface area contributed by atoms with E-state index < -0.39 is 11.6 Å². The smallest absolute Gasteiger partial charge is 0.143 e. The van der Waals surface area contributed by atoms with Crippen LogP contribution in [-0.4, -0.2) is 0 Å². The third kappa shape index (κ3) is 1.59. The first kappa shape index (κ1) is 8.65. The molecule has 1 aromatic carbocycles. The fourth-order valence-electron chi connectivity index (χ4n) is 0.839. The van der Waals surface area contributed by atoms with Crippen molar-refractivity contribution < 1.29 is 8.78 Å². The van der Waals surface area contributed by atoms with Gasteiger partial charge in [0, 0.05) is 0 Å². The Bertz CT molecular complexity index is 271. The monoisotopic (exact) mass is 220 g/mol. The molecular formula is C8H7BrF2. The topological polar surface area (TPSA) is 0 Å². The van der Waals surface area contributed by atoms with E-state index in [0.717, 1.165) is 0 Å².